The van der Waals surface area contributed by atoms with E-state index in [4.69, 9.17) is 11.6 Å². The lowest BCUT2D eigenvalue weighted by Gasteiger charge is -2.19. The van der Waals surface area contributed by atoms with Gasteiger partial charge in [-0.1, -0.05) is 45.7 Å². The van der Waals surface area contributed by atoms with E-state index in [0.717, 1.165) is 10.2 Å². The minimum absolute atomic E-state index is 0.0587. The number of anilines is 2. The summed E-state index contributed by atoms with van der Waals surface area (Å²) in [5.41, 5.74) is 1.98. The van der Waals surface area contributed by atoms with E-state index in [0.29, 0.717) is 16.3 Å². The molecule has 2 rings (SSSR count). The lowest BCUT2D eigenvalue weighted by atomic mass is 10.1. The molecule has 0 atom stereocenters. The maximum atomic E-state index is 12.2. The summed E-state index contributed by atoms with van der Waals surface area (Å²) < 4.78 is 0.911. The van der Waals surface area contributed by atoms with Crippen molar-refractivity contribution in [3.8, 4) is 0 Å². The van der Waals surface area contributed by atoms with E-state index in [9.17, 15) is 9.59 Å². The fourth-order valence-corrected chi connectivity index (χ4v) is 2.90. The largest absolute Gasteiger partial charge is 0.375 e. The SMILES string of the molecule is CN(C)c1c(Cl)cccc1NC(=O)CCC(=O)c1ccc(Br)cc1. The normalized spacial score (nSPS) is 10.3. The van der Waals surface area contributed by atoms with Gasteiger partial charge in [0.1, 0.15) is 0 Å². The van der Waals surface area contributed by atoms with Crippen molar-refractivity contribution in [3.63, 3.8) is 0 Å². The van der Waals surface area contributed by atoms with Crippen LogP contribution in [0.3, 0.4) is 0 Å². The van der Waals surface area contributed by atoms with Crippen LogP contribution in [-0.2, 0) is 4.79 Å². The molecule has 0 aromatic heterocycles. The highest BCUT2D eigenvalue weighted by molar-refractivity contribution is 9.10. The molecule has 24 heavy (non-hydrogen) atoms. The van der Waals surface area contributed by atoms with Gasteiger partial charge in [-0.05, 0) is 24.3 Å². The van der Waals surface area contributed by atoms with Crippen molar-refractivity contribution in [2.45, 2.75) is 12.8 Å². The Balaban J connectivity index is 1.98. The molecule has 6 heteroatoms. The molecule has 0 saturated heterocycles. The predicted molar refractivity (Wildman–Crippen MR) is 102 cm³/mol. The number of nitrogens with zero attached hydrogens (tertiary/aromatic N) is 1. The highest BCUT2D eigenvalue weighted by Crippen LogP contribution is 2.32. The molecule has 0 fully saturated rings. The summed E-state index contributed by atoms with van der Waals surface area (Å²) in [5, 5.41) is 3.38. The van der Waals surface area contributed by atoms with Gasteiger partial charge in [0.15, 0.2) is 5.78 Å². The first-order chi connectivity index (χ1) is 11.4. The van der Waals surface area contributed by atoms with Crippen molar-refractivity contribution in [2.75, 3.05) is 24.3 Å². The second kappa shape index (κ2) is 8.31. The van der Waals surface area contributed by atoms with Gasteiger partial charge in [-0.25, -0.2) is 0 Å². The van der Waals surface area contributed by atoms with Crippen molar-refractivity contribution in [1.82, 2.24) is 0 Å². The van der Waals surface area contributed by atoms with Crippen molar-refractivity contribution >= 4 is 50.6 Å². The third-order valence-electron chi connectivity index (χ3n) is 3.45. The zero-order chi connectivity index (χ0) is 17.7. The quantitative estimate of drug-likeness (QED) is 0.699. The number of amides is 1. The van der Waals surface area contributed by atoms with E-state index >= 15 is 0 Å². The number of benzene rings is 2. The lowest BCUT2D eigenvalue weighted by molar-refractivity contribution is -0.116. The smallest absolute Gasteiger partial charge is 0.224 e. The van der Waals surface area contributed by atoms with E-state index in [1.54, 1.807) is 30.3 Å². The standard InChI is InChI=1S/C18H18BrClN2O2/c1-22(2)18-14(20)4-3-5-15(18)21-17(24)11-10-16(23)12-6-8-13(19)9-7-12/h3-9H,10-11H2,1-2H3,(H,21,24). The van der Waals surface area contributed by atoms with Crippen LogP contribution in [0, 0.1) is 0 Å². The number of ketones is 1. The molecule has 0 heterocycles. The Morgan fingerprint density at radius 1 is 1.08 bits per heavy atom. The number of Topliss-reactive ketones (excluding diaryl/α,β-unsaturated/α-hetero) is 1. The van der Waals surface area contributed by atoms with E-state index in [-0.39, 0.29) is 24.5 Å². The van der Waals surface area contributed by atoms with E-state index < -0.39 is 0 Å². The zero-order valence-electron chi connectivity index (χ0n) is 13.5. The number of carbonyl (C=O) groups excluding carboxylic acids is 2. The second-order valence-corrected chi connectivity index (χ2v) is 6.83. The number of nitrogens with one attached hydrogen (secondary N) is 1. The number of hydrogen-bond donors (Lipinski definition) is 1. The highest BCUT2D eigenvalue weighted by atomic mass is 79.9. The molecule has 0 aliphatic heterocycles. The molecule has 0 saturated carbocycles. The van der Waals surface area contributed by atoms with Gasteiger partial charge < -0.3 is 10.2 Å². The molecule has 0 spiro atoms. The van der Waals surface area contributed by atoms with Crippen LogP contribution in [-0.4, -0.2) is 25.8 Å². The number of para-hydroxylation sites is 1. The van der Waals surface area contributed by atoms with Crippen LogP contribution in [0.4, 0.5) is 11.4 Å². The van der Waals surface area contributed by atoms with E-state index in [1.807, 2.05) is 31.1 Å². The number of rotatable bonds is 6. The molecule has 1 N–H and O–H groups in total. The maximum Gasteiger partial charge on any atom is 0.224 e. The summed E-state index contributed by atoms with van der Waals surface area (Å²) in [6, 6.07) is 12.4. The van der Waals surface area contributed by atoms with Crippen molar-refractivity contribution in [2.24, 2.45) is 0 Å². The first-order valence-electron chi connectivity index (χ1n) is 7.43. The minimum Gasteiger partial charge on any atom is -0.375 e. The first-order valence-corrected chi connectivity index (χ1v) is 8.60. The number of halogens is 2. The molecule has 4 nitrogen and oxygen atoms in total. The molecule has 126 valence electrons. The predicted octanol–water partition coefficient (Wildman–Crippen LogP) is 4.77. The van der Waals surface area contributed by atoms with Crippen LogP contribution in [0.25, 0.3) is 0 Å². The molecule has 0 bridgehead atoms. The Morgan fingerprint density at radius 3 is 2.38 bits per heavy atom. The molecular weight excluding hydrogens is 392 g/mol. The molecule has 0 aliphatic carbocycles. The third kappa shape index (κ3) is 4.82. The van der Waals surface area contributed by atoms with Gasteiger partial charge in [-0.2, -0.15) is 0 Å². The van der Waals surface area contributed by atoms with Crippen LogP contribution >= 0.6 is 27.5 Å². The summed E-state index contributed by atoms with van der Waals surface area (Å²) in [7, 11) is 3.71. The van der Waals surface area contributed by atoms with Crippen LogP contribution in [0.5, 0.6) is 0 Å². The zero-order valence-corrected chi connectivity index (χ0v) is 15.8. The van der Waals surface area contributed by atoms with Gasteiger partial charge >= 0.3 is 0 Å². The Hall–Kier alpha value is -1.85. The van der Waals surface area contributed by atoms with Gasteiger partial charge in [-0.3, -0.25) is 9.59 Å². The van der Waals surface area contributed by atoms with Gasteiger partial charge in [0.2, 0.25) is 5.91 Å². The summed E-state index contributed by atoms with van der Waals surface area (Å²) in [6.07, 6.45) is 0.277. The lowest BCUT2D eigenvalue weighted by Crippen LogP contribution is -2.17. The van der Waals surface area contributed by atoms with Crippen LogP contribution in [0.2, 0.25) is 5.02 Å². The van der Waals surface area contributed by atoms with Crippen molar-refractivity contribution in [3.05, 3.63) is 57.5 Å². The third-order valence-corrected chi connectivity index (χ3v) is 4.29. The van der Waals surface area contributed by atoms with E-state index in [2.05, 4.69) is 21.2 Å². The van der Waals surface area contributed by atoms with Crippen LogP contribution < -0.4 is 10.2 Å². The minimum atomic E-state index is -0.217. The Labute approximate surface area is 154 Å². The number of hydrogen-bond acceptors (Lipinski definition) is 3. The average Bonchev–Trinajstić information content (AvgIpc) is 2.53. The summed E-state index contributed by atoms with van der Waals surface area (Å²) >= 11 is 9.51. The van der Waals surface area contributed by atoms with Crippen molar-refractivity contribution in [1.29, 1.82) is 0 Å². The highest BCUT2D eigenvalue weighted by Gasteiger charge is 2.13. The Morgan fingerprint density at radius 2 is 1.75 bits per heavy atom. The molecule has 2 aromatic rings. The topological polar surface area (TPSA) is 49.4 Å². The molecule has 1 amide bonds. The van der Waals surface area contributed by atoms with Crippen LogP contribution in [0.1, 0.15) is 23.2 Å². The number of carbonyl (C=O) groups is 2. The molecule has 0 radical (unpaired) electrons. The van der Waals surface area contributed by atoms with Gasteiger partial charge in [-0.15, -0.1) is 0 Å². The summed E-state index contributed by atoms with van der Waals surface area (Å²) in [6.45, 7) is 0. The van der Waals surface area contributed by atoms with Gasteiger partial charge in [0, 0.05) is 37.0 Å². The molecule has 2 aromatic carbocycles. The van der Waals surface area contributed by atoms with E-state index in [1.165, 1.54) is 0 Å². The second-order valence-electron chi connectivity index (χ2n) is 5.51. The fourth-order valence-electron chi connectivity index (χ4n) is 2.29. The summed E-state index contributed by atoms with van der Waals surface area (Å²) in [4.78, 5) is 26.1. The molecule has 0 unspecified atom stereocenters. The average molecular weight is 410 g/mol. The van der Waals surface area contributed by atoms with Gasteiger partial charge in [0.05, 0.1) is 16.4 Å². The summed E-state index contributed by atoms with van der Waals surface area (Å²) in [5.74, 6) is -0.276. The molecule has 0 aliphatic rings. The monoisotopic (exact) mass is 408 g/mol. The first kappa shape index (κ1) is 18.5. The maximum absolute atomic E-state index is 12.2. The Kier molecular flexibility index (Phi) is 6.40. The fraction of sp³-hybridized carbons (Fsp3) is 0.222. The molecular formula is C18H18BrClN2O2. The van der Waals surface area contributed by atoms with Gasteiger partial charge in [0.25, 0.3) is 0 Å². The van der Waals surface area contributed by atoms with Crippen molar-refractivity contribution < 1.29 is 9.59 Å². The van der Waals surface area contributed by atoms with Crippen LogP contribution in [0.15, 0.2) is 46.9 Å². The Bertz CT molecular complexity index is 745.